The van der Waals surface area contributed by atoms with Crippen LogP contribution in [-0.4, -0.2) is 85.9 Å². The third-order valence-electron chi connectivity index (χ3n) is 5.18. The summed E-state index contributed by atoms with van der Waals surface area (Å²) in [5.74, 6) is 1.52. The molecule has 188 valence electrons. The van der Waals surface area contributed by atoms with E-state index in [1.807, 2.05) is 48.5 Å². The van der Waals surface area contributed by atoms with Crippen LogP contribution in [-0.2, 0) is 18.9 Å². The SMILES string of the molecule is c1ccc2[nH]c(NCCOCCOCCCOCCOCCNc3nc4ccccc4[nH]3)nc2c1. The summed E-state index contributed by atoms with van der Waals surface area (Å²) in [6.07, 6.45) is 0.848. The second kappa shape index (κ2) is 14.3. The van der Waals surface area contributed by atoms with Gasteiger partial charge in [-0.1, -0.05) is 24.3 Å². The largest absolute Gasteiger partial charge is 0.379 e. The van der Waals surface area contributed by atoms with E-state index in [1.165, 1.54) is 0 Å². The fourth-order valence-corrected chi connectivity index (χ4v) is 3.46. The van der Waals surface area contributed by atoms with Gasteiger partial charge in [-0.2, -0.15) is 0 Å². The van der Waals surface area contributed by atoms with Crippen LogP contribution in [0, 0.1) is 0 Å². The lowest BCUT2D eigenvalue weighted by Gasteiger charge is -2.08. The molecule has 0 saturated heterocycles. The number of rotatable bonds is 18. The van der Waals surface area contributed by atoms with Crippen molar-refractivity contribution in [3.63, 3.8) is 0 Å². The summed E-state index contributed by atoms with van der Waals surface area (Å²) in [4.78, 5) is 15.4. The topological polar surface area (TPSA) is 118 Å². The van der Waals surface area contributed by atoms with Crippen LogP contribution in [0.5, 0.6) is 0 Å². The molecule has 0 amide bonds. The molecule has 0 bridgehead atoms. The lowest BCUT2D eigenvalue weighted by molar-refractivity contribution is 0.0245. The smallest absolute Gasteiger partial charge is 0.201 e. The minimum absolute atomic E-state index is 0.568. The van der Waals surface area contributed by atoms with Gasteiger partial charge in [-0.3, -0.25) is 0 Å². The Labute approximate surface area is 204 Å². The van der Waals surface area contributed by atoms with E-state index in [0.29, 0.717) is 65.9 Å². The van der Waals surface area contributed by atoms with E-state index >= 15 is 0 Å². The van der Waals surface area contributed by atoms with Crippen molar-refractivity contribution in [1.82, 2.24) is 19.9 Å². The van der Waals surface area contributed by atoms with Crippen LogP contribution in [0.25, 0.3) is 22.1 Å². The molecule has 10 nitrogen and oxygen atoms in total. The number of hydrogen-bond donors (Lipinski definition) is 4. The van der Waals surface area contributed by atoms with Gasteiger partial charge >= 0.3 is 0 Å². The highest BCUT2D eigenvalue weighted by Crippen LogP contribution is 2.13. The summed E-state index contributed by atoms with van der Waals surface area (Å²) < 4.78 is 22.3. The van der Waals surface area contributed by atoms with E-state index in [0.717, 1.165) is 40.4 Å². The van der Waals surface area contributed by atoms with Crippen LogP contribution < -0.4 is 10.6 Å². The molecule has 4 rings (SSSR count). The lowest BCUT2D eigenvalue weighted by atomic mass is 10.3. The van der Waals surface area contributed by atoms with E-state index in [9.17, 15) is 0 Å². The molecule has 0 spiro atoms. The first-order valence-corrected chi connectivity index (χ1v) is 12.1. The number of para-hydroxylation sites is 4. The maximum Gasteiger partial charge on any atom is 0.201 e. The Balaban J connectivity index is 0.882. The fraction of sp³-hybridized carbons (Fsp3) is 0.440. The minimum Gasteiger partial charge on any atom is -0.379 e. The zero-order valence-electron chi connectivity index (χ0n) is 19.9. The van der Waals surface area contributed by atoms with Crippen molar-refractivity contribution in [1.29, 1.82) is 0 Å². The minimum atomic E-state index is 0.568. The molecular formula is C25H34N6O4. The first kappa shape index (κ1) is 24.9. The maximum absolute atomic E-state index is 5.58. The quantitative estimate of drug-likeness (QED) is 0.159. The number of benzene rings is 2. The number of aromatic nitrogens is 4. The number of ether oxygens (including phenoxy) is 4. The van der Waals surface area contributed by atoms with Crippen molar-refractivity contribution in [3.8, 4) is 0 Å². The van der Waals surface area contributed by atoms with Crippen LogP contribution in [0.2, 0.25) is 0 Å². The highest BCUT2D eigenvalue weighted by molar-refractivity contribution is 5.77. The van der Waals surface area contributed by atoms with Crippen molar-refractivity contribution in [3.05, 3.63) is 48.5 Å². The molecule has 0 saturated carbocycles. The first-order chi connectivity index (χ1) is 17.4. The van der Waals surface area contributed by atoms with Gasteiger partial charge in [0.15, 0.2) is 0 Å². The standard InChI is InChI=1S/C25H34N6O4/c1-2-7-21-20(6-1)28-24(29-21)26-10-14-34-18-16-32-12-5-13-33-17-19-35-15-11-27-25-30-22-8-3-4-9-23(22)31-25/h1-4,6-9H,5,10-19H2,(H2,26,28,29)(H2,27,30,31). The van der Waals surface area contributed by atoms with Crippen molar-refractivity contribution in [2.24, 2.45) is 0 Å². The zero-order valence-corrected chi connectivity index (χ0v) is 19.9. The fourth-order valence-electron chi connectivity index (χ4n) is 3.46. The lowest BCUT2D eigenvalue weighted by Crippen LogP contribution is -2.14. The number of imidazole rings is 2. The van der Waals surface area contributed by atoms with Gasteiger partial charge in [-0.25, -0.2) is 9.97 Å². The summed E-state index contributed by atoms with van der Waals surface area (Å²) in [6, 6.07) is 15.9. The zero-order chi connectivity index (χ0) is 24.0. The number of hydrogen-bond acceptors (Lipinski definition) is 8. The van der Waals surface area contributed by atoms with E-state index < -0.39 is 0 Å². The number of aromatic amines is 2. The molecule has 0 unspecified atom stereocenters. The number of nitrogens with zero attached hydrogens (tertiary/aromatic N) is 2. The number of fused-ring (bicyclic) bond motifs is 2. The summed E-state index contributed by atoms with van der Waals surface area (Å²) in [7, 11) is 0. The predicted octanol–water partition coefficient (Wildman–Crippen LogP) is 3.42. The van der Waals surface area contributed by atoms with E-state index in [2.05, 4.69) is 30.6 Å². The van der Waals surface area contributed by atoms with Crippen molar-refractivity contribution in [2.45, 2.75) is 6.42 Å². The van der Waals surface area contributed by atoms with Crippen LogP contribution in [0.15, 0.2) is 48.5 Å². The van der Waals surface area contributed by atoms with Crippen LogP contribution in [0.1, 0.15) is 6.42 Å². The highest BCUT2D eigenvalue weighted by atomic mass is 16.5. The molecule has 0 aliphatic carbocycles. The van der Waals surface area contributed by atoms with Gasteiger partial charge < -0.3 is 39.5 Å². The van der Waals surface area contributed by atoms with Gasteiger partial charge in [0, 0.05) is 26.3 Å². The Morgan fingerprint density at radius 2 is 0.971 bits per heavy atom. The van der Waals surface area contributed by atoms with Crippen molar-refractivity contribution in [2.75, 3.05) is 76.6 Å². The van der Waals surface area contributed by atoms with E-state index in [1.54, 1.807) is 0 Å². The van der Waals surface area contributed by atoms with Gasteiger partial charge in [0.1, 0.15) is 0 Å². The van der Waals surface area contributed by atoms with E-state index in [-0.39, 0.29) is 0 Å². The van der Waals surface area contributed by atoms with Gasteiger partial charge in [0.25, 0.3) is 0 Å². The molecule has 4 N–H and O–H groups in total. The molecule has 0 fully saturated rings. The van der Waals surface area contributed by atoms with Crippen LogP contribution >= 0.6 is 0 Å². The third-order valence-corrected chi connectivity index (χ3v) is 5.18. The molecule has 35 heavy (non-hydrogen) atoms. The molecule has 2 aromatic carbocycles. The van der Waals surface area contributed by atoms with E-state index in [4.69, 9.17) is 18.9 Å². The van der Waals surface area contributed by atoms with Gasteiger partial charge in [0.2, 0.25) is 11.9 Å². The third kappa shape index (κ3) is 8.52. The molecule has 2 aromatic heterocycles. The molecule has 2 heterocycles. The molecule has 0 radical (unpaired) electrons. The summed E-state index contributed by atoms with van der Waals surface area (Å²) >= 11 is 0. The Hall–Kier alpha value is -3.18. The molecule has 4 aromatic rings. The molecule has 0 aliphatic heterocycles. The highest BCUT2D eigenvalue weighted by Gasteiger charge is 2.01. The summed E-state index contributed by atoms with van der Waals surface area (Å²) in [5, 5.41) is 6.45. The number of anilines is 2. The molecule has 0 aliphatic rings. The second-order valence-corrected chi connectivity index (χ2v) is 7.86. The predicted molar refractivity (Wildman–Crippen MR) is 137 cm³/mol. The monoisotopic (exact) mass is 482 g/mol. The van der Waals surface area contributed by atoms with Crippen LogP contribution in [0.3, 0.4) is 0 Å². The average molecular weight is 483 g/mol. The maximum atomic E-state index is 5.58. The summed E-state index contributed by atoms with van der Waals surface area (Å²) in [6.45, 7) is 6.16. The summed E-state index contributed by atoms with van der Waals surface area (Å²) in [5.41, 5.74) is 3.95. The van der Waals surface area contributed by atoms with Crippen molar-refractivity contribution < 1.29 is 18.9 Å². The van der Waals surface area contributed by atoms with Gasteiger partial charge in [-0.05, 0) is 30.7 Å². The first-order valence-electron chi connectivity index (χ1n) is 12.1. The van der Waals surface area contributed by atoms with Crippen LogP contribution in [0.4, 0.5) is 11.9 Å². The normalized spacial score (nSPS) is 11.4. The Morgan fingerprint density at radius 1 is 0.543 bits per heavy atom. The Morgan fingerprint density at radius 3 is 1.43 bits per heavy atom. The Bertz CT molecular complexity index is 977. The number of H-pyrrole nitrogens is 2. The average Bonchev–Trinajstić information content (AvgIpc) is 3.49. The molecule has 10 heteroatoms. The van der Waals surface area contributed by atoms with Crippen molar-refractivity contribution >= 4 is 34.0 Å². The number of nitrogens with one attached hydrogen (secondary N) is 4. The van der Waals surface area contributed by atoms with Gasteiger partial charge in [-0.15, -0.1) is 0 Å². The second-order valence-electron chi connectivity index (χ2n) is 7.86. The Kier molecular flexibility index (Phi) is 10.2. The molecule has 0 atom stereocenters. The van der Waals surface area contributed by atoms with Gasteiger partial charge in [0.05, 0.1) is 61.7 Å². The molecular weight excluding hydrogens is 448 g/mol.